The van der Waals surface area contributed by atoms with Crippen LogP contribution < -0.4 is 0 Å². The molecule has 0 radical (unpaired) electrons. The van der Waals surface area contributed by atoms with Crippen LogP contribution in [0.15, 0.2) is 24.0 Å². The van der Waals surface area contributed by atoms with Crippen LogP contribution in [0.25, 0.3) is 0 Å². The maximum absolute atomic E-state index is 11.2. The van der Waals surface area contributed by atoms with Crippen molar-refractivity contribution in [3.05, 3.63) is 24.0 Å². The summed E-state index contributed by atoms with van der Waals surface area (Å²) >= 11 is 0. The predicted octanol–water partition coefficient (Wildman–Crippen LogP) is 2.28. The van der Waals surface area contributed by atoms with Gasteiger partial charge in [-0.1, -0.05) is 19.9 Å². The monoisotopic (exact) mass is 178 g/mol. The van der Waals surface area contributed by atoms with E-state index in [-0.39, 0.29) is 11.9 Å². The second-order valence-corrected chi connectivity index (χ2v) is 4.07. The third kappa shape index (κ3) is 1.82. The Bertz CT molecular complexity index is 286. The highest BCUT2D eigenvalue weighted by atomic mass is 16.5. The summed E-state index contributed by atoms with van der Waals surface area (Å²) in [7, 11) is 0. The minimum absolute atomic E-state index is 0.0498. The first-order chi connectivity index (χ1) is 6.16. The van der Waals surface area contributed by atoms with Crippen LogP contribution in [0.3, 0.4) is 0 Å². The van der Waals surface area contributed by atoms with Gasteiger partial charge in [0.05, 0.1) is 5.92 Å². The molecule has 0 aromatic carbocycles. The molecule has 1 fully saturated rings. The molecule has 0 aliphatic heterocycles. The number of carbonyl (C=O) groups is 1. The lowest BCUT2D eigenvalue weighted by atomic mass is 10.2. The highest BCUT2D eigenvalue weighted by Crippen LogP contribution is 2.44. The lowest BCUT2D eigenvalue weighted by molar-refractivity contribution is -0.142. The van der Waals surface area contributed by atoms with E-state index in [0.29, 0.717) is 5.92 Å². The van der Waals surface area contributed by atoms with Gasteiger partial charge < -0.3 is 4.74 Å². The van der Waals surface area contributed by atoms with Gasteiger partial charge in [0.1, 0.15) is 5.76 Å². The molecular formula is C11H14O2. The van der Waals surface area contributed by atoms with Gasteiger partial charge in [-0.25, -0.2) is 0 Å². The van der Waals surface area contributed by atoms with E-state index in [2.05, 4.69) is 12.2 Å². The average molecular weight is 178 g/mol. The largest absolute Gasteiger partial charge is 0.427 e. The molecule has 0 saturated heterocycles. The summed E-state index contributed by atoms with van der Waals surface area (Å²) in [6.45, 7) is 3.69. The van der Waals surface area contributed by atoms with Gasteiger partial charge in [0, 0.05) is 0 Å². The van der Waals surface area contributed by atoms with E-state index in [4.69, 9.17) is 4.74 Å². The van der Waals surface area contributed by atoms with Gasteiger partial charge in [-0.2, -0.15) is 0 Å². The Hall–Kier alpha value is -1.05. The summed E-state index contributed by atoms with van der Waals surface area (Å²) in [6.07, 6.45) is 7.33. The molecule has 0 aromatic rings. The van der Waals surface area contributed by atoms with Crippen LogP contribution in [0.5, 0.6) is 0 Å². The molecule has 70 valence electrons. The molecule has 2 aliphatic rings. The second-order valence-electron chi connectivity index (χ2n) is 4.07. The van der Waals surface area contributed by atoms with Crippen molar-refractivity contribution in [1.29, 1.82) is 0 Å². The quantitative estimate of drug-likeness (QED) is 0.606. The number of ether oxygens (including phenoxy) is 1. The average Bonchev–Trinajstić information content (AvgIpc) is 2.81. The van der Waals surface area contributed by atoms with E-state index in [1.165, 1.54) is 6.42 Å². The van der Waals surface area contributed by atoms with Crippen molar-refractivity contribution in [1.82, 2.24) is 0 Å². The van der Waals surface area contributed by atoms with Gasteiger partial charge in [-0.3, -0.25) is 4.79 Å². The Balaban J connectivity index is 1.95. The molecule has 1 saturated carbocycles. The molecular weight excluding hydrogens is 164 g/mol. The molecule has 0 aromatic heterocycles. The van der Waals surface area contributed by atoms with E-state index in [1.54, 1.807) is 0 Å². The van der Waals surface area contributed by atoms with Gasteiger partial charge in [-0.05, 0) is 30.4 Å². The second kappa shape index (κ2) is 3.02. The molecule has 0 N–H and O–H groups in total. The molecule has 2 heteroatoms. The molecule has 0 amide bonds. The lowest BCUT2D eigenvalue weighted by Gasteiger charge is -2.09. The SMILES string of the molecule is CC(C)C(=O)OC1=CC2CC2C=C1. The van der Waals surface area contributed by atoms with Crippen molar-refractivity contribution >= 4 is 5.97 Å². The third-order valence-electron chi connectivity index (χ3n) is 2.47. The van der Waals surface area contributed by atoms with Crippen LogP contribution in [0.2, 0.25) is 0 Å². The van der Waals surface area contributed by atoms with E-state index >= 15 is 0 Å². The number of hydrogen-bond acceptors (Lipinski definition) is 2. The Labute approximate surface area is 78.3 Å². The Morgan fingerprint density at radius 2 is 2.31 bits per heavy atom. The first kappa shape index (κ1) is 8.54. The van der Waals surface area contributed by atoms with Gasteiger partial charge in [0.15, 0.2) is 0 Å². The summed E-state index contributed by atoms with van der Waals surface area (Å²) in [5.41, 5.74) is 0. The first-order valence-corrected chi connectivity index (χ1v) is 4.78. The van der Waals surface area contributed by atoms with Crippen molar-refractivity contribution in [3.63, 3.8) is 0 Å². The smallest absolute Gasteiger partial charge is 0.313 e. The zero-order chi connectivity index (χ0) is 9.42. The number of hydrogen-bond donors (Lipinski definition) is 0. The standard InChI is InChI=1S/C11H14O2/c1-7(2)11(12)13-10-4-3-8-5-9(8)6-10/h3-4,6-9H,5H2,1-2H3. The topological polar surface area (TPSA) is 26.3 Å². The molecule has 0 spiro atoms. The molecule has 2 atom stereocenters. The molecule has 2 aliphatic carbocycles. The van der Waals surface area contributed by atoms with E-state index in [9.17, 15) is 4.79 Å². The van der Waals surface area contributed by atoms with Crippen molar-refractivity contribution in [2.75, 3.05) is 0 Å². The van der Waals surface area contributed by atoms with Crippen molar-refractivity contribution in [3.8, 4) is 0 Å². The molecule has 2 unspecified atom stereocenters. The summed E-state index contributed by atoms with van der Waals surface area (Å²) < 4.78 is 5.19. The maximum atomic E-state index is 11.2. The van der Waals surface area contributed by atoms with Gasteiger partial charge >= 0.3 is 5.97 Å². The van der Waals surface area contributed by atoms with Gasteiger partial charge in [0.25, 0.3) is 0 Å². The Morgan fingerprint density at radius 3 is 2.92 bits per heavy atom. The van der Waals surface area contributed by atoms with Crippen molar-refractivity contribution < 1.29 is 9.53 Å². The summed E-state index contributed by atoms with van der Waals surface area (Å²) in [5, 5.41) is 0. The lowest BCUT2D eigenvalue weighted by Crippen LogP contribution is -2.11. The number of carbonyl (C=O) groups excluding carboxylic acids is 1. The van der Waals surface area contributed by atoms with Gasteiger partial charge in [-0.15, -0.1) is 0 Å². The number of rotatable bonds is 2. The molecule has 13 heavy (non-hydrogen) atoms. The highest BCUT2D eigenvalue weighted by molar-refractivity contribution is 5.73. The molecule has 0 bridgehead atoms. The third-order valence-corrected chi connectivity index (χ3v) is 2.47. The summed E-state index contributed by atoms with van der Waals surface area (Å²) in [6, 6.07) is 0. The zero-order valence-electron chi connectivity index (χ0n) is 7.99. The van der Waals surface area contributed by atoms with Crippen LogP contribution in [-0.4, -0.2) is 5.97 Å². The van der Waals surface area contributed by atoms with Crippen LogP contribution in [0, 0.1) is 17.8 Å². The summed E-state index contributed by atoms with van der Waals surface area (Å²) in [5.74, 6) is 1.90. The Morgan fingerprint density at radius 1 is 1.54 bits per heavy atom. The molecule has 2 nitrogen and oxygen atoms in total. The Kier molecular flexibility index (Phi) is 1.98. The van der Waals surface area contributed by atoms with Crippen LogP contribution in [-0.2, 0) is 9.53 Å². The fourth-order valence-corrected chi connectivity index (χ4v) is 1.44. The van der Waals surface area contributed by atoms with Crippen LogP contribution in [0.4, 0.5) is 0 Å². The minimum Gasteiger partial charge on any atom is -0.427 e. The summed E-state index contributed by atoms with van der Waals surface area (Å²) in [4.78, 5) is 11.2. The van der Waals surface area contributed by atoms with E-state index in [1.807, 2.05) is 19.9 Å². The van der Waals surface area contributed by atoms with E-state index in [0.717, 1.165) is 11.7 Å². The van der Waals surface area contributed by atoms with Crippen molar-refractivity contribution in [2.45, 2.75) is 20.3 Å². The predicted molar refractivity (Wildman–Crippen MR) is 49.8 cm³/mol. The molecule has 2 rings (SSSR count). The minimum atomic E-state index is -0.144. The fourth-order valence-electron chi connectivity index (χ4n) is 1.44. The maximum Gasteiger partial charge on any atom is 0.313 e. The van der Waals surface area contributed by atoms with Gasteiger partial charge in [0.2, 0.25) is 0 Å². The number of esters is 1. The normalized spacial score (nSPS) is 29.6. The van der Waals surface area contributed by atoms with Crippen LogP contribution >= 0.6 is 0 Å². The molecule has 0 heterocycles. The fraction of sp³-hybridized carbons (Fsp3) is 0.545. The highest BCUT2D eigenvalue weighted by Gasteiger charge is 2.35. The first-order valence-electron chi connectivity index (χ1n) is 4.78. The zero-order valence-corrected chi connectivity index (χ0v) is 7.99. The van der Waals surface area contributed by atoms with Crippen LogP contribution in [0.1, 0.15) is 20.3 Å². The number of fused-ring (bicyclic) bond motifs is 1. The number of allylic oxidation sites excluding steroid dienone is 3. The van der Waals surface area contributed by atoms with Crippen molar-refractivity contribution in [2.24, 2.45) is 17.8 Å². The van der Waals surface area contributed by atoms with E-state index < -0.39 is 0 Å².